The van der Waals surface area contributed by atoms with Crippen molar-refractivity contribution in [1.82, 2.24) is 9.97 Å². The van der Waals surface area contributed by atoms with Gasteiger partial charge in [-0.2, -0.15) is 4.98 Å². The van der Waals surface area contributed by atoms with Crippen LogP contribution in [-0.4, -0.2) is 23.6 Å². The van der Waals surface area contributed by atoms with Gasteiger partial charge in [0.1, 0.15) is 0 Å². The maximum Gasteiger partial charge on any atom is 0.228 e. The second-order valence-electron chi connectivity index (χ2n) is 4.92. The van der Waals surface area contributed by atoms with Gasteiger partial charge < -0.3 is 15.4 Å². The van der Waals surface area contributed by atoms with E-state index in [2.05, 4.69) is 29.0 Å². The standard InChI is InChI=1S/C16H22N4O/c1-3-9-21-15-7-8-18-16(19-15)20(2)12-14-6-4-5-13(10-14)11-17/h4-8,10H,3,9,11-12,17H2,1-2H3. The molecule has 0 amide bonds. The summed E-state index contributed by atoms with van der Waals surface area (Å²) in [6, 6.07) is 10.0. The molecule has 5 heteroatoms. The van der Waals surface area contributed by atoms with Crippen molar-refractivity contribution in [2.75, 3.05) is 18.6 Å². The lowest BCUT2D eigenvalue weighted by Crippen LogP contribution is -2.19. The third kappa shape index (κ3) is 4.43. The summed E-state index contributed by atoms with van der Waals surface area (Å²) >= 11 is 0. The van der Waals surface area contributed by atoms with Crippen molar-refractivity contribution in [2.45, 2.75) is 26.4 Å². The Kier molecular flexibility index (Phi) is 5.51. The van der Waals surface area contributed by atoms with E-state index in [9.17, 15) is 0 Å². The van der Waals surface area contributed by atoms with E-state index in [1.807, 2.05) is 24.1 Å². The smallest absolute Gasteiger partial charge is 0.228 e. The maximum atomic E-state index is 5.67. The van der Waals surface area contributed by atoms with Crippen molar-refractivity contribution >= 4 is 5.95 Å². The number of anilines is 1. The van der Waals surface area contributed by atoms with E-state index < -0.39 is 0 Å². The molecule has 1 aromatic heterocycles. The zero-order chi connectivity index (χ0) is 15.1. The number of ether oxygens (including phenoxy) is 1. The van der Waals surface area contributed by atoms with Gasteiger partial charge in [0.2, 0.25) is 11.8 Å². The van der Waals surface area contributed by atoms with E-state index in [0.29, 0.717) is 25.0 Å². The van der Waals surface area contributed by atoms with Crippen molar-refractivity contribution < 1.29 is 4.74 Å². The normalized spacial score (nSPS) is 10.4. The van der Waals surface area contributed by atoms with Gasteiger partial charge in [0.15, 0.2) is 0 Å². The Balaban J connectivity index is 2.06. The summed E-state index contributed by atoms with van der Waals surface area (Å²) < 4.78 is 5.54. The molecule has 2 N–H and O–H groups in total. The Hall–Kier alpha value is -2.14. The SMILES string of the molecule is CCCOc1ccnc(N(C)Cc2cccc(CN)c2)n1. The molecule has 0 spiro atoms. The summed E-state index contributed by atoms with van der Waals surface area (Å²) in [6.45, 7) is 4.01. The average molecular weight is 286 g/mol. The first-order valence-electron chi connectivity index (χ1n) is 7.17. The molecule has 0 unspecified atom stereocenters. The van der Waals surface area contributed by atoms with E-state index in [0.717, 1.165) is 18.5 Å². The zero-order valence-corrected chi connectivity index (χ0v) is 12.6. The van der Waals surface area contributed by atoms with Crippen LogP contribution >= 0.6 is 0 Å². The number of rotatable bonds is 7. The summed E-state index contributed by atoms with van der Waals surface area (Å²) in [5.74, 6) is 1.27. The number of aromatic nitrogens is 2. The number of nitrogens with two attached hydrogens (primary N) is 1. The van der Waals surface area contributed by atoms with Gasteiger partial charge in [-0.15, -0.1) is 0 Å². The first-order chi connectivity index (χ1) is 10.2. The maximum absolute atomic E-state index is 5.67. The van der Waals surface area contributed by atoms with Crippen LogP contribution in [-0.2, 0) is 13.1 Å². The van der Waals surface area contributed by atoms with Crippen molar-refractivity contribution in [3.8, 4) is 5.88 Å². The average Bonchev–Trinajstić information content (AvgIpc) is 2.53. The molecule has 0 fully saturated rings. The Morgan fingerprint density at radius 3 is 2.81 bits per heavy atom. The fourth-order valence-electron chi connectivity index (χ4n) is 2.00. The molecule has 0 aliphatic rings. The third-order valence-electron chi connectivity index (χ3n) is 3.06. The van der Waals surface area contributed by atoms with E-state index in [4.69, 9.17) is 10.5 Å². The molecule has 0 atom stereocenters. The minimum Gasteiger partial charge on any atom is -0.478 e. The summed E-state index contributed by atoms with van der Waals surface area (Å²) in [7, 11) is 1.97. The fraction of sp³-hybridized carbons (Fsp3) is 0.375. The monoisotopic (exact) mass is 286 g/mol. The molecule has 0 radical (unpaired) electrons. The highest BCUT2D eigenvalue weighted by Gasteiger charge is 2.07. The molecule has 0 bridgehead atoms. The molecule has 5 nitrogen and oxygen atoms in total. The van der Waals surface area contributed by atoms with Crippen molar-refractivity contribution in [3.05, 3.63) is 47.7 Å². The summed E-state index contributed by atoms with van der Waals surface area (Å²) in [5, 5.41) is 0. The molecule has 21 heavy (non-hydrogen) atoms. The van der Waals surface area contributed by atoms with Gasteiger partial charge in [0, 0.05) is 32.4 Å². The molecule has 0 aliphatic carbocycles. The molecule has 1 heterocycles. The largest absolute Gasteiger partial charge is 0.478 e. The summed E-state index contributed by atoms with van der Waals surface area (Å²) in [6.07, 6.45) is 2.68. The number of hydrogen-bond acceptors (Lipinski definition) is 5. The molecule has 2 aromatic rings. The lowest BCUT2D eigenvalue weighted by molar-refractivity contribution is 0.305. The Labute approximate surface area is 125 Å². The third-order valence-corrected chi connectivity index (χ3v) is 3.06. The zero-order valence-electron chi connectivity index (χ0n) is 12.6. The molecular formula is C16H22N4O. The van der Waals surface area contributed by atoms with Gasteiger partial charge in [-0.05, 0) is 17.5 Å². The van der Waals surface area contributed by atoms with Crippen LogP contribution < -0.4 is 15.4 Å². The predicted octanol–water partition coefficient (Wildman–Crippen LogP) is 2.36. The first-order valence-corrected chi connectivity index (χ1v) is 7.17. The predicted molar refractivity (Wildman–Crippen MR) is 84.3 cm³/mol. The fourth-order valence-corrected chi connectivity index (χ4v) is 2.00. The summed E-state index contributed by atoms with van der Waals surface area (Å²) in [4.78, 5) is 10.7. The Morgan fingerprint density at radius 2 is 2.05 bits per heavy atom. The Morgan fingerprint density at radius 1 is 1.24 bits per heavy atom. The van der Waals surface area contributed by atoms with Crippen LogP contribution in [0.1, 0.15) is 24.5 Å². The molecule has 0 saturated carbocycles. The van der Waals surface area contributed by atoms with Crippen LogP contribution in [0.5, 0.6) is 5.88 Å². The van der Waals surface area contributed by atoms with Crippen molar-refractivity contribution in [3.63, 3.8) is 0 Å². The van der Waals surface area contributed by atoms with Crippen LogP contribution in [0.3, 0.4) is 0 Å². The second-order valence-corrected chi connectivity index (χ2v) is 4.92. The van der Waals surface area contributed by atoms with Gasteiger partial charge >= 0.3 is 0 Å². The topological polar surface area (TPSA) is 64.3 Å². The minimum absolute atomic E-state index is 0.550. The number of hydrogen-bond donors (Lipinski definition) is 1. The van der Waals surface area contributed by atoms with Crippen molar-refractivity contribution in [1.29, 1.82) is 0 Å². The van der Waals surface area contributed by atoms with Gasteiger partial charge in [-0.1, -0.05) is 31.2 Å². The Bertz CT molecular complexity index is 574. The van der Waals surface area contributed by atoms with Crippen molar-refractivity contribution in [2.24, 2.45) is 5.73 Å². The van der Waals surface area contributed by atoms with Gasteiger partial charge in [-0.25, -0.2) is 4.98 Å². The lowest BCUT2D eigenvalue weighted by atomic mass is 10.1. The minimum atomic E-state index is 0.550. The molecule has 0 saturated heterocycles. The molecule has 112 valence electrons. The lowest BCUT2D eigenvalue weighted by Gasteiger charge is -2.18. The number of nitrogens with zero attached hydrogens (tertiary/aromatic N) is 3. The highest BCUT2D eigenvalue weighted by atomic mass is 16.5. The molecular weight excluding hydrogens is 264 g/mol. The van der Waals surface area contributed by atoms with Crippen LogP contribution in [0, 0.1) is 0 Å². The van der Waals surface area contributed by atoms with Gasteiger partial charge in [0.25, 0.3) is 0 Å². The van der Waals surface area contributed by atoms with Gasteiger partial charge in [-0.3, -0.25) is 0 Å². The van der Waals surface area contributed by atoms with E-state index >= 15 is 0 Å². The van der Waals surface area contributed by atoms with Gasteiger partial charge in [0.05, 0.1) is 6.61 Å². The van der Waals surface area contributed by atoms with Crippen LogP contribution in [0.4, 0.5) is 5.95 Å². The first kappa shape index (κ1) is 15.3. The van der Waals surface area contributed by atoms with E-state index in [1.54, 1.807) is 12.3 Å². The van der Waals surface area contributed by atoms with E-state index in [1.165, 1.54) is 5.56 Å². The number of benzene rings is 1. The van der Waals surface area contributed by atoms with Crippen LogP contribution in [0.15, 0.2) is 36.5 Å². The van der Waals surface area contributed by atoms with E-state index in [-0.39, 0.29) is 0 Å². The highest BCUT2D eigenvalue weighted by molar-refractivity contribution is 5.34. The quantitative estimate of drug-likeness (QED) is 0.846. The summed E-state index contributed by atoms with van der Waals surface area (Å²) in [5.41, 5.74) is 7.98. The molecule has 0 aliphatic heterocycles. The van der Waals surface area contributed by atoms with Crippen LogP contribution in [0.25, 0.3) is 0 Å². The second kappa shape index (κ2) is 7.59. The highest BCUT2D eigenvalue weighted by Crippen LogP contribution is 2.15. The molecule has 1 aromatic carbocycles. The van der Waals surface area contributed by atoms with Crippen LogP contribution in [0.2, 0.25) is 0 Å². The molecule has 2 rings (SSSR count).